The van der Waals surface area contributed by atoms with Crippen molar-refractivity contribution in [2.24, 2.45) is 0 Å². The molecule has 4 N–H and O–H groups in total. The monoisotopic (exact) mass is 335 g/mol. The van der Waals surface area contributed by atoms with Gasteiger partial charge in [0.05, 0.1) is 11.4 Å². The van der Waals surface area contributed by atoms with E-state index in [4.69, 9.17) is 10.5 Å². The maximum atomic E-state index is 13.4. The van der Waals surface area contributed by atoms with E-state index in [9.17, 15) is 18.0 Å². The molecule has 9 heteroatoms. The quantitative estimate of drug-likeness (QED) is 0.550. The van der Waals surface area contributed by atoms with E-state index in [-0.39, 0.29) is 24.5 Å². The number of halogens is 3. The number of nitrogen functional groups attached to an aromatic ring is 1. The summed E-state index contributed by atoms with van der Waals surface area (Å²) in [6.45, 7) is 2.47. The molecule has 0 heterocycles. The molecule has 0 atom stereocenters. The summed E-state index contributed by atoms with van der Waals surface area (Å²) in [5.74, 6) is -1.60. The van der Waals surface area contributed by atoms with Gasteiger partial charge in [-0.1, -0.05) is 0 Å². The summed E-state index contributed by atoms with van der Waals surface area (Å²) >= 11 is 0. The van der Waals surface area contributed by atoms with Crippen LogP contribution in [-0.2, 0) is 4.74 Å². The Morgan fingerprint density at radius 1 is 1.30 bits per heavy atom. The Kier molecular flexibility index (Phi) is 6.35. The molecule has 0 aliphatic carbocycles. The first-order chi connectivity index (χ1) is 10.6. The number of alkyl halides is 2. The molecule has 1 rings (SSSR count). The zero-order chi connectivity index (χ0) is 17.6. The van der Waals surface area contributed by atoms with E-state index in [1.165, 1.54) is 0 Å². The normalized spacial score (nSPS) is 11.3. The van der Waals surface area contributed by atoms with E-state index in [0.29, 0.717) is 0 Å². The van der Waals surface area contributed by atoms with Gasteiger partial charge in [0.2, 0.25) is 0 Å². The molecule has 130 valence electrons. The topological polar surface area (TPSA) is 85.6 Å². The molecular weight excluding hydrogens is 315 g/mol. The number of carbonyl (C=O) groups excluding carboxylic acids is 1. The van der Waals surface area contributed by atoms with Gasteiger partial charge in [0.25, 0.3) is 0 Å². The Morgan fingerprint density at radius 2 is 1.96 bits per heavy atom. The number of rotatable bonds is 6. The molecule has 0 saturated heterocycles. The van der Waals surface area contributed by atoms with Crippen LogP contribution < -0.4 is 21.1 Å². The van der Waals surface area contributed by atoms with Crippen LogP contribution in [0, 0.1) is 5.82 Å². The molecule has 0 aromatic heterocycles. The molecule has 6 nitrogen and oxygen atoms in total. The Labute approximate surface area is 132 Å². The van der Waals surface area contributed by atoms with Gasteiger partial charge in [-0.3, -0.25) is 0 Å². The van der Waals surface area contributed by atoms with Crippen LogP contribution in [-0.4, -0.2) is 31.4 Å². The molecule has 0 bridgehead atoms. The lowest BCUT2D eigenvalue weighted by Gasteiger charge is -2.20. The highest BCUT2D eigenvalue weighted by Crippen LogP contribution is 2.29. The third-order valence-electron chi connectivity index (χ3n) is 2.43. The van der Waals surface area contributed by atoms with E-state index in [1.807, 2.05) is 0 Å². The Bertz CT molecular complexity index is 548. The molecule has 0 aliphatic heterocycles. The molecule has 1 aromatic rings. The highest BCUT2D eigenvalue weighted by Gasteiger charge is 2.16. The molecule has 0 radical (unpaired) electrons. The van der Waals surface area contributed by atoms with Crippen LogP contribution >= 0.6 is 0 Å². The largest absolute Gasteiger partial charge is 0.444 e. The molecule has 1 aromatic carbocycles. The predicted molar refractivity (Wildman–Crippen MR) is 80.2 cm³/mol. The smallest absolute Gasteiger partial charge is 0.407 e. The van der Waals surface area contributed by atoms with Gasteiger partial charge in [-0.15, -0.1) is 0 Å². The second kappa shape index (κ2) is 7.80. The Morgan fingerprint density at radius 3 is 2.52 bits per heavy atom. The number of nitrogens with two attached hydrogens (primary N) is 1. The van der Waals surface area contributed by atoms with Crippen molar-refractivity contribution in [3.8, 4) is 5.75 Å². The number of hydrogen-bond donors (Lipinski definition) is 3. The average molecular weight is 335 g/mol. The summed E-state index contributed by atoms with van der Waals surface area (Å²) in [6, 6.07) is 1.91. The van der Waals surface area contributed by atoms with Crippen molar-refractivity contribution in [3.05, 3.63) is 17.9 Å². The molecular formula is C14H20F3N3O3. The second-order valence-electron chi connectivity index (χ2n) is 5.60. The van der Waals surface area contributed by atoms with E-state index >= 15 is 0 Å². The first-order valence-corrected chi connectivity index (χ1v) is 6.83. The van der Waals surface area contributed by atoms with E-state index in [2.05, 4.69) is 15.4 Å². The van der Waals surface area contributed by atoms with Crippen molar-refractivity contribution in [3.63, 3.8) is 0 Å². The lowest BCUT2D eigenvalue weighted by atomic mass is 10.2. The number of carbonyl (C=O) groups is 1. The van der Waals surface area contributed by atoms with Crippen LogP contribution in [0.4, 0.5) is 29.3 Å². The van der Waals surface area contributed by atoms with Crippen LogP contribution in [0.1, 0.15) is 20.8 Å². The first-order valence-electron chi connectivity index (χ1n) is 6.83. The van der Waals surface area contributed by atoms with Gasteiger partial charge in [-0.05, 0) is 20.8 Å². The molecule has 0 unspecified atom stereocenters. The Balaban J connectivity index is 2.53. The summed E-state index contributed by atoms with van der Waals surface area (Å²) in [5, 5.41) is 5.28. The summed E-state index contributed by atoms with van der Waals surface area (Å²) in [6.07, 6.45) is -0.590. The van der Waals surface area contributed by atoms with Crippen LogP contribution in [0.3, 0.4) is 0 Å². The van der Waals surface area contributed by atoms with Crippen LogP contribution in [0.5, 0.6) is 5.75 Å². The number of anilines is 2. The maximum Gasteiger partial charge on any atom is 0.407 e. The molecule has 0 fully saturated rings. The van der Waals surface area contributed by atoms with Gasteiger partial charge in [0, 0.05) is 25.2 Å². The van der Waals surface area contributed by atoms with Gasteiger partial charge in [-0.25, -0.2) is 9.18 Å². The van der Waals surface area contributed by atoms with Crippen LogP contribution in [0.2, 0.25) is 0 Å². The number of hydrogen-bond acceptors (Lipinski definition) is 5. The SMILES string of the molecule is CC(C)(C)OC(=O)NCCNc1cc(OC(F)F)c(F)cc1N. The van der Waals surface area contributed by atoms with E-state index < -0.39 is 29.9 Å². The fourth-order valence-corrected chi connectivity index (χ4v) is 1.58. The highest BCUT2D eigenvalue weighted by molar-refractivity contribution is 5.69. The predicted octanol–water partition coefficient (Wildman–Crippen LogP) is 2.95. The van der Waals surface area contributed by atoms with Gasteiger partial charge >= 0.3 is 12.7 Å². The minimum absolute atomic E-state index is 0.0291. The van der Waals surface area contributed by atoms with Gasteiger partial charge in [-0.2, -0.15) is 8.78 Å². The lowest BCUT2D eigenvalue weighted by Crippen LogP contribution is -2.35. The maximum absolute atomic E-state index is 13.4. The average Bonchev–Trinajstić information content (AvgIpc) is 2.36. The highest BCUT2D eigenvalue weighted by atomic mass is 19.3. The Hall–Kier alpha value is -2.32. The standard InChI is InChI=1S/C14H20F3N3O3/c1-14(2,3)23-13(21)20-5-4-19-10-7-11(22-12(16)17)8(15)6-9(10)18/h6-7,12,19H,4-5,18H2,1-3H3,(H,20,21). The fraction of sp³-hybridized carbons (Fsp3) is 0.500. The van der Waals surface area contributed by atoms with Crippen LogP contribution in [0.25, 0.3) is 0 Å². The van der Waals surface area contributed by atoms with Gasteiger partial charge in [0.15, 0.2) is 11.6 Å². The molecule has 0 aliphatic rings. The zero-order valence-electron chi connectivity index (χ0n) is 13.1. The lowest BCUT2D eigenvalue weighted by molar-refractivity contribution is -0.0521. The first kappa shape index (κ1) is 18.7. The van der Waals surface area contributed by atoms with E-state index in [1.54, 1.807) is 20.8 Å². The molecule has 0 spiro atoms. The van der Waals surface area contributed by atoms with Crippen molar-refractivity contribution in [1.82, 2.24) is 5.32 Å². The molecule has 23 heavy (non-hydrogen) atoms. The molecule has 0 saturated carbocycles. The van der Waals surface area contributed by atoms with Crippen molar-refractivity contribution in [2.45, 2.75) is 33.0 Å². The number of nitrogens with one attached hydrogen (secondary N) is 2. The summed E-state index contributed by atoms with van der Waals surface area (Å²) in [4.78, 5) is 11.4. The second-order valence-corrected chi connectivity index (χ2v) is 5.60. The van der Waals surface area contributed by atoms with Gasteiger partial charge < -0.3 is 25.8 Å². The third-order valence-corrected chi connectivity index (χ3v) is 2.43. The van der Waals surface area contributed by atoms with Crippen molar-refractivity contribution in [1.29, 1.82) is 0 Å². The number of amides is 1. The number of ether oxygens (including phenoxy) is 2. The van der Waals surface area contributed by atoms with Gasteiger partial charge in [0.1, 0.15) is 5.60 Å². The summed E-state index contributed by atoms with van der Waals surface area (Å²) in [7, 11) is 0. The minimum Gasteiger partial charge on any atom is -0.444 e. The van der Waals surface area contributed by atoms with Crippen LogP contribution in [0.15, 0.2) is 12.1 Å². The van der Waals surface area contributed by atoms with Crippen molar-refractivity contribution >= 4 is 17.5 Å². The third kappa shape index (κ3) is 6.98. The van der Waals surface area contributed by atoms with Crippen molar-refractivity contribution in [2.75, 3.05) is 24.1 Å². The zero-order valence-corrected chi connectivity index (χ0v) is 13.1. The number of benzene rings is 1. The summed E-state index contributed by atoms with van der Waals surface area (Å²) < 4.78 is 46.8. The summed E-state index contributed by atoms with van der Waals surface area (Å²) in [5.41, 5.74) is 5.22. The molecule has 1 amide bonds. The fourth-order valence-electron chi connectivity index (χ4n) is 1.58. The van der Waals surface area contributed by atoms with Crippen molar-refractivity contribution < 1.29 is 27.4 Å². The van der Waals surface area contributed by atoms with E-state index in [0.717, 1.165) is 12.1 Å². The minimum atomic E-state index is -3.14. The number of alkyl carbamates (subject to hydrolysis) is 1.